The Balaban J connectivity index is 2.39. The molecule has 0 spiro atoms. The number of benzene rings is 1. The number of ether oxygens (including phenoxy) is 3. The lowest BCUT2D eigenvalue weighted by atomic mass is 10.2. The van der Waals surface area contributed by atoms with Crippen LogP contribution in [0.4, 0.5) is 5.69 Å². The maximum atomic E-state index is 5.55. The fourth-order valence-electron chi connectivity index (χ4n) is 1.57. The van der Waals surface area contributed by atoms with Gasteiger partial charge in [0.2, 0.25) is 0 Å². The van der Waals surface area contributed by atoms with Crippen molar-refractivity contribution in [2.24, 2.45) is 5.92 Å². The van der Waals surface area contributed by atoms with Crippen molar-refractivity contribution in [2.75, 3.05) is 45.9 Å². The summed E-state index contributed by atoms with van der Waals surface area (Å²) in [4.78, 5) is 0. The monoisotopic (exact) mass is 253 g/mol. The Morgan fingerprint density at radius 3 is 2.72 bits per heavy atom. The van der Waals surface area contributed by atoms with Crippen molar-refractivity contribution in [3.63, 3.8) is 0 Å². The van der Waals surface area contributed by atoms with Gasteiger partial charge in [0.1, 0.15) is 12.4 Å². The Bertz CT molecular complexity index is 331. The van der Waals surface area contributed by atoms with E-state index in [1.54, 1.807) is 14.2 Å². The minimum atomic E-state index is 0.480. The van der Waals surface area contributed by atoms with Gasteiger partial charge in [0, 0.05) is 32.5 Å². The zero-order valence-corrected chi connectivity index (χ0v) is 11.4. The topological polar surface area (TPSA) is 39.7 Å². The molecule has 0 radical (unpaired) electrons. The Morgan fingerprint density at radius 2 is 2.00 bits per heavy atom. The van der Waals surface area contributed by atoms with Gasteiger partial charge in [-0.1, -0.05) is 13.0 Å². The minimum Gasteiger partial charge on any atom is -0.491 e. The molecule has 1 rings (SSSR count). The van der Waals surface area contributed by atoms with Crippen LogP contribution < -0.4 is 10.1 Å². The van der Waals surface area contributed by atoms with E-state index in [9.17, 15) is 0 Å². The smallest absolute Gasteiger partial charge is 0.121 e. The summed E-state index contributed by atoms with van der Waals surface area (Å²) in [7, 11) is 3.39. The molecule has 1 N–H and O–H groups in total. The molecule has 1 unspecified atom stereocenters. The minimum absolute atomic E-state index is 0.480. The molecular formula is C14H23NO3. The molecular weight excluding hydrogens is 230 g/mol. The van der Waals surface area contributed by atoms with E-state index < -0.39 is 0 Å². The largest absolute Gasteiger partial charge is 0.491 e. The lowest BCUT2D eigenvalue weighted by Gasteiger charge is -2.13. The average molecular weight is 253 g/mol. The van der Waals surface area contributed by atoms with Crippen molar-refractivity contribution in [3.05, 3.63) is 24.3 Å². The molecule has 0 aliphatic heterocycles. The van der Waals surface area contributed by atoms with Crippen molar-refractivity contribution in [3.8, 4) is 5.75 Å². The van der Waals surface area contributed by atoms with Crippen LogP contribution in [-0.4, -0.2) is 40.6 Å². The highest BCUT2D eigenvalue weighted by Gasteiger charge is 2.02. The summed E-state index contributed by atoms with van der Waals surface area (Å²) in [5.41, 5.74) is 1.06. The molecule has 0 saturated heterocycles. The summed E-state index contributed by atoms with van der Waals surface area (Å²) in [5, 5.41) is 3.37. The summed E-state index contributed by atoms with van der Waals surface area (Å²) in [6.07, 6.45) is 0. The highest BCUT2D eigenvalue weighted by atomic mass is 16.5. The van der Waals surface area contributed by atoms with Crippen molar-refractivity contribution < 1.29 is 14.2 Å². The van der Waals surface area contributed by atoms with Crippen LogP contribution in [-0.2, 0) is 9.47 Å². The highest BCUT2D eigenvalue weighted by Crippen LogP contribution is 2.17. The van der Waals surface area contributed by atoms with Crippen LogP contribution in [0.1, 0.15) is 6.92 Å². The molecule has 0 heterocycles. The molecule has 1 atom stereocenters. The summed E-state index contributed by atoms with van der Waals surface area (Å²) < 4.78 is 15.6. The van der Waals surface area contributed by atoms with Crippen molar-refractivity contribution in [1.82, 2.24) is 0 Å². The van der Waals surface area contributed by atoms with Crippen LogP contribution in [0.5, 0.6) is 5.75 Å². The molecule has 1 aromatic rings. The molecule has 0 amide bonds. The molecule has 102 valence electrons. The first-order valence-corrected chi connectivity index (χ1v) is 6.21. The maximum Gasteiger partial charge on any atom is 0.121 e. The molecule has 0 bridgehead atoms. The van der Waals surface area contributed by atoms with Gasteiger partial charge in [-0.05, 0) is 18.1 Å². The van der Waals surface area contributed by atoms with Gasteiger partial charge in [-0.3, -0.25) is 0 Å². The third kappa shape index (κ3) is 5.89. The Hall–Kier alpha value is -1.26. The zero-order valence-electron chi connectivity index (χ0n) is 11.4. The van der Waals surface area contributed by atoms with E-state index in [0.29, 0.717) is 19.1 Å². The third-order valence-corrected chi connectivity index (χ3v) is 2.50. The van der Waals surface area contributed by atoms with Crippen molar-refractivity contribution >= 4 is 5.69 Å². The second-order valence-corrected chi connectivity index (χ2v) is 4.31. The third-order valence-electron chi connectivity index (χ3n) is 2.50. The first-order valence-electron chi connectivity index (χ1n) is 6.21. The molecule has 0 aliphatic carbocycles. The average Bonchev–Trinajstić information content (AvgIpc) is 2.38. The van der Waals surface area contributed by atoms with Gasteiger partial charge in [0.25, 0.3) is 0 Å². The zero-order chi connectivity index (χ0) is 13.2. The van der Waals surface area contributed by atoms with E-state index in [1.807, 2.05) is 24.3 Å². The Labute approximate surface area is 109 Å². The van der Waals surface area contributed by atoms with E-state index >= 15 is 0 Å². The van der Waals surface area contributed by atoms with Gasteiger partial charge in [0.05, 0.1) is 13.2 Å². The lowest BCUT2D eigenvalue weighted by molar-refractivity contribution is 0.146. The number of hydrogen-bond acceptors (Lipinski definition) is 4. The van der Waals surface area contributed by atoms with Crippen molar-refractivity contribution in [1.29, 1.82) is 0 Å². The number of methoxy groups -OCH3 is 2. The molecule has 1 aromatic carbocycles. The first-order chi connectivity index (χ1) is 8.76. The second-order valence-electron chi connectivity index (χ2n) is 4.31. The number of rotatable bonds is 9. The number of nitrogens with one attached hydrogen (secondary N) is 1. The number of anilines is 1. The normalized spacial score (nSPS) is 12.2. The molecule has 18 heavy (non-hydrogen) atoms. The van der Waals surface area contributed by atoms with Crippen LogP contribution in [0.15, 0.2) is 24.3 Å². The molecule has 0 saturated carbocycles. The predicted molar refractivity (Wildman–Crippen MR) is 73.3 cm³/mol. The lowest BCUT2D eigenvalue weighted by Crippen LogP contribution is -2.15. The molecule has 0 fully saturated rings. The Morgan fingerprint density at radius 1 is 1.17 bits per heavy atom. The SMILES string of the molecule is COCCOc1cccc(NCC(C)COC)c1. The van der Waals surface area contributed by atoms with Gasteiger partial charge < -0.3 is 19.5 Å². The first kappa shape index (κ1) is 14.8. The van der Waals surface area contributed by atoms with Gasteiger partial charge in [0.15, 0.2) is 0 Å². The quantitative estimate of drug-likeness (QED) is 0.686. The van der Waals surface area contributed by atoms with E-state index in [0.717, 1.165) is 24.6 Å². The van der Waals surface area contributed by atoms with Gasteiger partial charge >= 0.3 is 0 Å². The van der Waals surface area contributed by atoms with Crippen molar-refractivity contribution in [2.45, 2.75) is 6.92 Å². The molecule has 0 aromatic heterocycles. The van der Waals surface area contributed by atoms with Crippen LogP contribution in [0, 0.1) is 5.92 Å². The maximum absolute atomic E-state index is 5.55. The highest BCUT2D eigenvalue weighted by molar-refractivity contribution is 5.48. The predicted octanol–water partition coefficient (Wildman–Crippen LogP) is 2.41. The van der Waals surface area contributed by atoms with E-state index in [2.05, 4.69) is 12.2 Å². The molecule has 4 nitrogen and oxygen atoms in total. The Kier molecular flexibility index (Phi) is 7.22. The van der Waals surface area contributed by atoms with Crippen LogP contribution >= 0.6 is 0 Å². The fourth-order valence-corrected chi connectivity index (χ4v) is 1.57. The fraction of sp³-hybridized carbons (Fsp3) is 0.571. The summed E-state index contributed by atoms with van der Waals surface area (Å²) in [6, 6.07) is 7.95. The van der Waals surface area contributed by atoms with Crippen LogP contribution in [0.3, 0.4) is 0 Å². The number of hydrogen-bond donors (Lipinski definition) is 1. The van der Waals surface area contributed by atoms with Crippen LogP contribution in [0.2, 0.25) is 0 Å². The van der Waals surface area contributed by atoms with E-state index in [4.69, 9.17) is 14.2 Å². The van der Waals surface area contributed by atoms with Crippen LogP contribution in [0.25, 0.3) is 0 Å². The van der Waals surface area contributed by atoms with Gasteiger partial charge in [-0.15, -0.1) is 0 Å². The summed E-state index contributed by atoms with van der Waals surface area (Å²) >= 11 is 0. The van der Waals surface area contributed by atoms with E-state index in [1.165, 1.54) is 0 Å². The van der Waals surface area contributed by atoms with Gasteiger partial charge in [-0.2, -0.15) is 0 Å². The summed E-state index contributed by atoms with van der Waals surface area (Å²) in [6.45, 7) is 4.96. The summed E-state index contributed by atoms with van der Waals surface area (Å²) in [5.74, 6) is 1.34. The second kappa shape index (κ2) is 8.78. The van der Waals surface area contributed by atoms with Gasteiger partial charge in [-0.25, -0.2) is 0 Å². The standard InChI is InChI=1S/C14H23NO3/c1-12(11-17-3)10-15-13-5-4-6-14(9-13)18-8-7-16-2/h4-6,9,12,15H,7-8,10-11H2,1-3H3. The van der Waals surface area contributed by atoms with E-state index in [-0.39, 0.29) is 0 Å². The molecule has 0 aliphatic rings. The molecule has 4 heteroatoms.